The van der Waals surface area contributed by atoms with Crippen LogP contribution in [0.1, 0.15) is 26.0 Å². The number of rotatable bonds is 6. The number of aliphatic hydroxyl groups is 1. The summed E-state index contributed by atoms with van der Waals surface area (Å²) in [6.07, 6.45) is 2.88. The lowest BCUT2D eigenvalue weighted by molar-refractivity contribution is -0.0808. The van der Waals surface area contributed by atoms with Crippen molar-refractivity contribution in [3.05, 3.63) is 24.0 Å². The maximum absolute atomic E-state index is 9.23. The van der Waals surface area contributed by atoms with Crippen molar-refractivity contribution >= 4 is 5.69 Å². The molecular weight excluding hydrogens is 254 g/mol. The first-order chi connectivity index (χ1) is 9.72. The van der Waals surface area contributed by atoms with Gasteiger partial charge in [0.05, 0.1) is 25.0 Å². The number of aliphatic hydroxyl groups excluding tert-OH is 1. The average molecular weight is 279 g/mol. The summed E-state index contributed by atoms with van der Waals surface area (Å²) in [6.45, 7) is 7.57. The van der Waals surface area contributed by atoms with Gasteiger partial charge in [0.2, 0.25) is 0 Å². The third-order valence-electron chi connectivity index (χ3n) is 3.60. The lowest BCUT2D eigenvalue weighted by atomic mass is 10.2. The molecule has 1 aromatic rings. The second-order valence-electron chi connectivity index (χ2n) is 5.38. The Hall–Kier alpha value is -1.17. The van der Waals surface area contributed by atoms with Gasteiger partial charge in [-0.15, -0.1) is 0 Å². The third kappa shape index (κ3) is 4.16. The summed E-state index contributed by atoms with van der Waals surface area (Å²) in [7, 11) is 0. The van der Waals surface area contributed by atoms with E-state index in [9.17, 15) is 5.11 Å². The molecule has 5 nitrogen and oxygen atoms in total. The van der Waals surface area contributed by atoms with E-state index in [0.717, 1.165) is 37.4 Å². The largest absolute Gasteiger partial charge is 0.394 e. The molecule has 5 heteroatoms. The molecule has 0 radical (unpaired) electrons. The van der Waals surface area contributed by atoms with Gasteiger partial charge in [-0.05, 0) is 25.5 Å². The quantitative estimate of drug-likeness (QED) is 0.826. The fourth-order valence-corrected chi connectivity index (χ4v) is 2.36. The van der Waals surface area contributed by atoms with Gasteiger partial charge in [0, 0.05) is 37.6 Å². The van der Waals surface area contributed by atoms with Gasteiger partial charge in [-0.3, -0.25) is 9.88 Å². The van der Waals surface area contributed by atoms with Gasteiger partial charge in [-0.1, -0.05) is 6.92 Å². The first kappa shape index (κ1) is 15.2. The Morgan fingerprint density at radius 2 is 2.40 bits per heavy atom. The summed E-state index contributed by atoms with van der Waals surface area (Å²) in [5.74, 6) is 0. The Morgan fingerprint density at radius 3 is 3.15 bits per heavy atom. The average Bonchev–Trinajstić information content (AvgIpc) is 2.48. The van der Waals surface area contributed by atoms with Crippen molar-refractivity contribution in [1.29, 1.82) is 0 Å². The number of nitrogens with one attached hydrogen (secondary N) is 1. The van der Waals surface area contributed by atoms with Gasteiger partial charge in [0.25, 0.3) is 0 Å². The molecule has 0 aromatic carbocycles. The lowest BCUT2D eigenvalue weighted by Crippen LogP contribution is -2.48. The molecule has 1 fully saturated rings. The summed E-state index contributed by atoms with van der Waals surface area (Å²) in [6, 6.07) is 4.45. The Labute approximate surface area is 121 Å². The highest BCUT2D eigenvalue weighted by Crippen LogP contribution is 2.16. The molecule has 1 saturated heterocycles. The van der Waals surface area contributed by atoms with Crippen molar-refractivity contribution in [2.75, 3.05) is 31.6 Å². The van der Waals surface area contributed by atoms with Crippen LogP contribution < -0.4 is 5.32 Å². The lowest BCUT2D eigenvalue weighted by Gasteiger charge is -2.37. The van der Waals surface area contributed by atoms with E-state index in [4.69, 9.17) is 4.74 Å². The number of anilines is 1. The monoisotopic (exact) mass is 279 g/mol. The molecule has 0 aliphatic carbocycles. The number of nitrogens with zero attached hydrogens (tertiary/aromatic N) is 2. The van der Waals surface area contributed by atoms with E-state index < -0.39 is 0 Å². The molecular formula is C15H25N3O2. The summed E-state index contributed by atoms with van der Waals surface area (Å²) in [5.41, 5.74) is 2.17. The van der Waals surface area contributed by atoms with Crippen LogP contribution in [0.4, 0.5) is 5.69 Å². The Bertz CT molecular complexity index is 414. The number of morpholine rings is 1. The molecule has 2 atom stereocenters. The van der Waals surface area contributed by atoms with Gasteiger partial charge in [0.1, 0.15) is 0 Å². The maximum atomic E-state index is 9.23. The zero-order chi connectivity index (χ0) is 14.4. The number of hydrogen-bond acceptors (Lipinski definition) is 5. The van der Waals surface area contributed by atoms with Crippen LogP contribution in [0.15, 0.2) is 18.3 Å². The number of ether oxygens (including phenoxy) is 1. The first-order valence-electron chi connectivity index (χ1n) is 7.38. The fraction of sp³-hybridized carbons (Fsp3) is 0.667. The second kappa shape index (κ2) is 7.57. The van der Waals surface area contributed by atoms with E-state index in [1.54, 1.807) is 0 Å². The molecule has 2 heterocycles. The predicted molar refractivity (Wildman–Crippen MR) is 79.7 cm³/mol. The van der Waals surface area contributed by atoms with Crippen LogP contribution in [0.5, 0.6) is 0 Å². The molecule has 1 aliphatic rings. The van der Waals surface area contributed by atoms with Gasteiger partial charge in [-0.25, -0.2) is 0 Å². The predicted octanol–water partition coefficient (Wildman–Crippen LogP) is 1.49. The fourth-order valence-electron chi connectivity index (χ4n) is 2.36. The Kier molecular flexibility index (Phi) is 5.76. The standard InChI is InChI=1S/C15H25N3O2/c1-3-5-16-13-4-6-17-14(7-13)8-18-9-15(10-19)20-11-12(18)2/h4,6-7,12,15,19H,3,5,8-11H2,1-2H3,(H,16,17). The van der Waals surface area contributed by atoms with Gasteiger partial charge < -0.3 is 15.2 Å². The minimum absolute atomic E-state index is 0.0763. The first-order valence-corrected chi connectivity index (χ1v) is 7.38. The molecule has 20 heavy (non-hydrogen) atoms. The number of pyridine rings is 1. The smallest absolute Gasteiger partial charge is 0.0933 e. The van der Waals surface area contributed by atoms with Crippen LogP contribution in [0.2, 0.25) is 0 Å². The molecule has 0 saturated carbocycles. The second-order valence-corrected chi connectivity index (χ2v) is 5.38. The molecule has 112 valence electrons. The van der Waals surface area contributed by atoms with E-state index >= 15 is 0 Å². The third-order valence-corrected chi connectivity index (χ3v) is 3.60. The highest BCUT2D eigenvalue weighted by molar-refractivity contribution is 5.43. The molecule has 0 bridgehead atoms. The van der Waals surface area contributed by atoms with E-state index in [-0.39, 0.29) is 12.7 Å². The molecule has 0 amide bonds. The van der Waals surface area contributed by atoms with Gasteiger partial charge in [0.15, 0.2) is 0 Å². The number of aromatic nitrogens is 1. The van der Waals surface area contributed by atoms with Crippen molar-refractivity contribution < 1.29 is 9.84 Å². The molecule has 2 rings (SSSR count). The highest BCUT2D eigenvalue weighted by atomic mass is 16.5. The van der Waals surface area contributed by atoms with Crippen molar-refractivity contribution in [2.45, 2.75) is 39.0 Å². The van der Waals surface area contributed by atoms with Gasteiger partial charge in [-0.2, -0.15) is 0 Å². The summed E-state index contributed by atoms with van der Waals surface area (Å²) >= 11 is 0. The van der Waals surface area contributed by atoms with E-state index in [0.29, 0.717) is 12.6 Å². The molecule has 2 N–H and O–H groups in total. The van der Waals surface area contributed by atoms with Crippen LogP contribution >= 0.6 is 0 Å². The van der Waals surface area contributed by atoms with Crippen molar-refractivity contribution in [1.82, 2.24) is 9.88 Å². The minimum Gasteiger partial charge on any atom is -0.394 e. The van der Waals surface area contributed by atoms with Crippen LogP contribution in [0.3, 0.4) is 0 Å². The van der Waals surface area contributed by atoms with Crippen molar-refractivity contribution in [2.24, 2.45) is 0 Å². The minimum atomic E-state index is -0.0763. The highest BCUT2D eigenvalue weighted by Gasteiger charge is 2.25. The van der Waals surface area contributed by atoms with Crippen molar-refractivity contribution in [3.8, 4) is 0 Å². The van der Waals surface area contributed by atoms with Crippen molar-refractivity contribution in [3.63, 3.8) is 0 Å². The Morgan fingerprint density at radius 1 is 1.55 bits per heavy atom. The summed E-state index contributed by atoms with van der Waals surface area (Å²) in [4.78, 5) is 6.76. The summed E-state index contributed by atoms with van der Waals surface area (Å²) < 4.78 is 5.56. The molecule has 1 aromatic heterocycles. The van der Waals surface area contributed by atoms with Crippen LogP contribution in [0, 0.1) is 0 Å². The van der Waals surface area contributed by atoms with E-state index in [1.807, 2.05) is 12.3 Å². The van der Waals surface area contributed by atoms with E-state index in [1.165, 1.54) is 0 Å². The van der Waals surface area contributed by atoms with Crippen LogP contribution in [-0.4, -0.2) is 53.4 Å². The molecule has 2 unspecified atom stereocenters. The molecule has 1 aliphatic heterocycles. The SMILES string of the molecule is CCCNc1ccnc(CN2CC(CO)OCC2C)c1. The summed E-state index contributed by atoms with van der Waals surface area (Å²) in [5, 5.41) is 12.6. The number of hydrogen-bond donors (Lipinski definition) is 2. The van der Waals surface area contributed by atoms with Crippen LogP contribution in [-0.2, 0) is 11.3 Å². The topological polar surface area (TPSA) is 57.6 Å². The Balaban J connectivity index is 1.97. The van der Waals surface area contributed by atoms with Crippen LogP contribution in [0.25, 0.3) is 0 Å². The normalized spacial score (nSPS) is 23.8. The van der Waals surface area contributed by atoms with E-state index in [2.05, 4.69) is 35.1 Å². The van der Waals surface area contributed by atoms with Gasteiger partial charge >= 0.3 is 0 Å². The maximum Gasteiger partial charge on any atom is 0.0933 e. The zero-order valence-electron chi connectivity index (χ0n) is 12.4. The zero-order valence-corrected chi connectivity index (χ0v) is 12.4. The molecule has 0 spiro atoms.